The zero-order chi connectivity index (χ0) is 14.6. The van der Waals surface area contributed by atoms with E-state index in [1.165, 1.54) is 4.90 Å². The lowest BCUT2D eigenvalue weighted by molar-refractivity contribution is 0.143. The van der Waals surface area contributed by atoms with E-state index in [1.54, 1.807) is 39.2 Å². The van der Waals surface area contributed by atoms with Crippen LogP contribution in [0, 0.1) is 6.92 Å². The number of nitrogens with two attached hydrogens (primary N) is 1. The number of nitrogens with zero attached hydrogens (tertiary/aromatic N) is 2. The molecule has 3 N–H and O–H groups in total. The Hall–Kier alpha value is -2.28. The number of hydrogen-bond acceptors (Lipinski definition) is 4. The van der Waals surface area contributed by atoms with Gasteiger partial charge in [0.25, 0.3) is 0 Å². The van der Waals surface area contributed by atoms with Gasteiger partial charge in [0.05, 0.1) is 6.54 Å². The number of hydrazine groups is 1. The first kappa shape index (κ1) is 14.8. The minimum atomic E-state index is -1.21. The second-order valence-corrected chi connectivity index (χ2v) is 4.27. The molecule has 0 aliphatic carbocycles. The van der Waals surface area contributed by atoms with Crippen molar-refractivity contribution < 1.29 is 19.4 Å². The van der Waals surface area contributed by atoms with E-state index in [-0.39, 0.29) is 6.54 Å². The number of hydrogen-bond donors (Lipinski definition) is 2. The summed E-state index contributed by atoms with van der Waals surface area (Å²) in [5, 5.41) is 9.35. The highest BCUT2D eigenvalue weighted by Gasteiger charge is 2.11. The van der Waals surface area contributed by atoms with E-state index in [9.17, 15) is 9.59 Å². The maximum Gasteiger partial charge on any atom is 0.421 e. The number of carbonyl (C=O) groups is 2. The van der Waals surface area contributed by atoms with E-state index in [2.05, 4.69) is 0 Å². The smallest absolute Gasteiger partial charge is 0.421 e. The highest BCUT2D eigenvalue weighted by molar-refractivity contribution is 5.70. The Morgan fingerprint density at radius 2 is 2.00 bits per heavy atom. The average molecular weight is 267 g/mol. The third kappa shape index (κ3) is 4.14. The first-order chi connectivity index (χ1) is 8.81. The van der Waals surface area contributed by atoms with Crippen LogP contribution >= 0.6 is 0 Å². The summed E-state index contributed by atoms with van der Waals surface area (Å²) in [4.78, 5) is 23.3. The number of rotatable bonds is 3. The van der Waals surface area contributed by atoms with E-state index in [1.807, 2.05) is 0 Å². The molecule has 7 nitrogen and oxygen atoms in total. The number of ether oxygens (including phenoxy) is 1. The van der Waals surface area contributed by atoms with Crippen LogP contribution in [0.5, 0.6) is 5.75 Å². The highest BCUT2D eigenvalue weighted by Crippen LogP contribution is 2.20. The summed E-state index contributed by atoms with van der Waals surface area (Å²) in [6.07, 6.45) is -1.68. The van der Waals surface area contributed by atoms with E-state index in [0.717, 1.165) is 5.56 Å². The van der Waals surface area contributed by atoms with E-state index < -0.39 is 12.2 Å². The Labute approximate surface area is 111 Å². The summed E-state index contributed by atoms with van der Waals surface area (Å²) in [6, 6.07) is 5.00. The van der Waals surface area contributed by atoms with Crippen molar-refractivity contribution in [2.45, 2.75) is 13.5 Å². The number of carboxylic acid groups (broad SMARTS) is 1. The Balaban J connectivity index is 2.80. The van der Waals surface area contributed by atoms with Crippen molar-refractivity contribution in [1.29, 1.82) is 0 Å². The van der Waals surface area contributed by atoms with Crippen molar-refractivity contribution >= 4 is 12.2 Å². The molecule has 0 saturated carbocycles. The maximum absolute atomic E-state index is 11.4. The summed E-state index contributed by atoms with van der Waals surface area (Å²) in [5.41, 5.74) is 1.44. The standard InChI is InChI=1S/C12H17N3O4/c1-8-6-9(7-15(13)11(16)17)4-5-10(8)19-12(18)14(2)3/h4-6H,7,13H2,1-3H3,(H,16,17). The molecule has 0 saturated heterocycles. The largest absolute Gasteiger partial charge is 0.464 e. The van der Waals surface area contributed by atoms with Crippen LogP contribution in [0.3, 0.4) is 0 Å². The first-order valence-electron chi connectivity index (χ1n) is 5.55. The number of benzene rings is 1. The summed E-state index contributed by atoms with van der Waals surface area (Å²) >= 11 is 0. The molecular formula is C12H17N3O4. The molecule has 0 aliphatic rings. The fraction of sp³-hybridized carbons (Fsp3) is 0.333. The molecule has 0 heterocycles. The van der Waals surface area contributed by atoms with Crippen molar-refractivity contribution in [3.8, 4) is 5.75 Å². The van der Waals surface area contributed by atoms with Crippen LogP contribution in [0.1, 0.15) is 11.1 Å². The Kier molecular flexibility index (Phi) is 4.71. The van der Waals surface area contributed by atoms with Crippen LogP contribution in [0.25, 0.3) is 0 Å². The second-order valence-electron chi connectivity index (χ2n) is 4.27. The molecule has 0 radical (unpaired) electrons. The molecule has 0 unspecified atom stereocenters. The van der Waals surface area contributed by atoms with Gasteiger partial charge in [-0.3, -0.25) is 0 Å². The molecule has 0 bridgehead atoms. The fourth-order valence-corrected chi connectivity index (χ4v) is 1.37. The van der Waals surface area contributed by atoms with Crippen LogP contribution in [-0.4, -0.2) is 41.3 Å². The van der Waals surface area contributed by atoms with Crippen molar-refractivity contribution in [3.05, 3.63) is 29.3 Å². The lowest BCUT2D eigenvalue weighted by Gasteiger charge is -2.15. The second kappa shape index (κ2) is 6.05. The zero-order valence-electron chi connectivity index (χ0n) is 11.1. The molecule has 104 valence electrons. The topological polar surface area (TPSA) is 96.1 Å². The van der Waals surface area contributed by atoms with Crippen LogP contribution in [0.4, 0.5) is 9.59 Å². The molecule has 0 spiro atoms. The van der Waals surface area contributed by atoms with Gasteiger partial charge in [0, 0.05) is 14.1 Å². The van der Waals surface area contributed by atoms with Gasteiger partial charge < -0.3 is 14.7 Å². The molecule has 0 aliphatic heterocycles. The summed E-state index contributed by atoms with van der Waals surface area (Å²) in [6.45, 7) is 1.83. The van der Waals surface area contributed by atoms with Crippen LogP contribution in [0.2, 0.25) is 0 Å². The average Bonchev–Trinajstić information content (AvgIpc) is 2.32. The molecular weight excluding hydrogens is 250 g/mol. The van der Waals surface area contributed by atoms with Gasteiger partial charge in [-0.15, -0.1) is 0 Å². The predicted molar refractivity (Wildman–Crippen MR) is 68.6 cm³/mol. The van der Waals surface area contributed by atoms with Crippen molar-refractivity contribution in [1.82, 2.24) is 9.91 Å². The third-order valence-electron chi connectivity index (χ3n) is 2.40. The van der Waals surface area contributed by atoms with Crippen molar-refractivity contribution in [2.75, 3.05) is 14.1 Å². The summed E-state index contributed by atoms with van der Waals surface area (Å²) in [7, 11) is 3.18. The van der Waals surface area contributed by atoms with Gasteiger partial charge >= 0.3 is 12.2 Å². The minimum absolute atomic E-state index is 0.0675. The van der Waals surface area contributed by atoms with Crippen LogP contribution in [-0.2, 0) is 6.54 Å². The van der Waals surface area contributed by atoms with Gasteiger partial charge in [0.2, 0.25) is 0 Å². The molecule has 1 rings (SSSR count). The molecule has 2 amide bonds. The molecule has 19 heavy (non-hydrogen) atoms. The fourth-order valence-electron chi connectivity index (χ4n) is 1.37. The number of aryl methyl sites for hydroxylation is 1. The molecule has 7 heteroatoms. The lowest BCUT2D eigenvalue weighted by Crippen LogP contribution is -2.35. The quantitative estimate of drug-likeness (QED) is 0.490. The van der Waals surface area contributed by atoms with Gasteiger partial charge in [-0.05, 0) is 24.1 Å². The van der Waals surface area contributed by atoms with E-state index in [0.29, 0.717) is 16.3 Å². The molecule has 0 fully saturated rings. The molecule has 0 atom stereocenters. The Morgan fingerprint density at radius 3 is 2.47 bits per heavy atom. The summed E-state index contributed by atoms with van der Waals surface area (Å²) in [5.74, 6) is 5.73. The maximum atomic E-state index is 11.4. The van der Waals surface area contributed by atoms with Gasteiger partial charge in [0.15, 0.2) is 0 Å². The minimum Gasteiger partial charge on any atom is -0.464 e. The SMILES string of the molecule is Cc1cc(CN(N)C(=O)O)ccc1OC(=O)N(C)C. The lowest BCUT2D eigenvalue weighted by atomic mass is 10.1. The van der Waals surface area contributed by atoms with Gasteiger partial charge in [-0.1, -0.05) is 12.1 Å². The monoisotopic (exact) mass is 267 g/mol. The molecule has 0 aromatic heterocycles. The third-order valence-corrected chi connectivity index (χ3v) is 2.40. The van der Waals surface area contributed by atoms with Gasteiger partial charge in [-0.25, -0.2) is 20.4 Å². The Bertz CT molecular complexity index is 488. The Morgan fingerprint density at radius 1 is 1.37 bits per heavy atom. The highest BCUT2D eigenvalue weighted by atomic mass is 16.6. The number of amides is 2. The normalized spacial score (nSPS) is 9.89. The van der Waals surface area contributed by atoms with Crippen molar-refractivity contribution in [3.63, 3.8) is 0 Å². The van der Waals surface area contributed by atoms with Gasteiger partial charge in [-0.2, -0.15) is 0 Å². The molecule has 1 aromatic carbocycles. The van der Waals surface area contributed by atoms with E-state index >= 15 is 0 Å². The predicted octanol–water partition coefficient (Wildman–Crippen LogP) is 1.41. The van der Waals surface area contributed by atoms with E-state index in [4.69, 9.17) is 15.7 Å². The van der Waals surface area contributed by atoms with Gasteiger partial charge in [0.1, 0.15) is 5.75 Å². The zero-order valence-corrected chi connectivity index (χ0v) is 11.1. The first-order valence-corrected chi connectivity index (χ1v) is 5.55. The summed E-state index contributed by atoms with van der Waals surface area (Å²) < 4.78 is 5.14. The van der Waals surface area contributed by atoms with Crippen molar-refractivity contribution in [2.24, 2.45) is 5.84 Å². The van der Waals surface area contributed by atoms with Crippen LogP contribution in [0.15, 0.2) is 18.2 Å². The number of carbonyl (C=O) groups excluding carboxylic acids is 1. The molecule has 1 aromatic rings. The van der Waals surface area contributed by atoms with Crippen LogP contribution < -0.4 is 10.6 Å².